The van der Waals surface area contributed by atoms with Crippen molar-refractivity contribution in [1.29, 1.82) is 0 Å². The maximum absolute atomic E-state index is 12.6. The standard InChI is InChI=1S/C14H17NO5/c16-12-11-10(13(17)18)9-3-4-14(11,20-9)7-15(12)6-8-2-1-5-19-8/h3-4,8-11H,1-2,5-7H2,(H,17,18)/t8?,9-,10-,11+,14-/m1/s1. The van der Waals surface area contributed by atoms with Gasteiger partial charge in [0, 0.05) is 13.2 Å². The second-order valence-electron chi connectivity index (χ2n) is 6.09. The van der Waals surface area contributed by atoms with Crippen LogP contribution in [0.4, 0.5) is 0 Å². The van der Waals surface area contributed by atoms with Crippen LogP contribution in [0.5, 0.6) is 0 Å². The summed E-state index contributed by atoms with van der Waals surface area (Å²) in [6.45, 7) is 1.75. The average molecular weight is 279 g/mol. The first-order valence-corrected chi connectivity index (χ1v) is 7.11. The number of carboxylic acids is 1. The van der Waals surface area contributed by atoms with Gasteiger partial charge in [-0.1, -0.05) is 12.2 Å². The highest BCUT2D eigenvalue weighted by Crippen LogP contribution is 2.51. The highest BCUT2D eigenvalue weighted by atomic mass is 16.5. The second kappa shape index (κ2) is 4.05. The fraction of sp³-hybridized carbons (Fsp3) is 0.714. The summed E-state index contributed by atoms with van der Waals surface area (Å²) < 4.78 is 11.4. The van der Waals surface area contributed by atoms with Crippen LogP contribution in [0.25, 0.3) is 0 Å². The van der Waals surface area contributed by atoms with Crippen molar-refractivity contribution >= 4 is 11.9 Å². The van der Waals surface area contributed by atoms with Crippen molar-refractivity contribution in [3.63, 3.8) is 0 Å². The van der Waals surface area contributed by atoms with Crippen LogP contribution in [0.15, 0.2) is 12.2 Å². The Balaban J connectivity index is 1.58. The molecule has 6 nitrogen and oxygen atoms in total. The van der Waals surface area contributed by atoms with Crippen molar-refractivity contribution in [2.24, 2.45) is 11.8 Å². The molecule has 5 atom stereocenters. The van der Waals surface area contributed by atoms with Crippen molar-refractivity contribution in [3.05, 3.63) is 12.2 Å². The molecule has 1 spiro atoms. The van der Waals surface area contributed by atoms with E-state index in [9.17, 15) is 14.7 Å². The molecule has 20 heavy (non-hydrogen) atoms. The molecule has 2 bridgehead atoms. The van der Waals surface area contributed by atoms with Crippen molar-refractivity contribution in [2.45, 2.75) is 30.7 Å². The number of ether oxygens (including phenoxy) is 2. The molecule has 4 aliphatic rings. The fourth-order valence-electron chi connectivity index (χ4n) is 4.05. The summed E-state index contributed by atoms with van der Waals surface area (Å²) in [6.07, 6.45) is 5.29. The van der Waals surface area contributed by atoms with Crippen LogP contribution in [0, 0.1) is 11.8 Å². The van der Waals surface area contributed by atoms with Crippen LogP contribution in [0.1, 0.15) is 12.8 Å². The van der Waals surface area contributed by atoms with E-state index in [2.05, 4.69) is 0 Å². The number of hydrogen-bond donors (Lipinski definition) is 1. The number of carbonyl (C=O) groups excluding carboxylic acids is 1. The summed E-state index contributed by atoms with van der Waals surface area (Å²) in [5.74, 6) is -2.36. The SMILES string of the molecule is O=C(O)[C@H]1[C@H]2C(=O)N(CC3CCCO3)C[C@]23C=C[C@H]1O3. The van der Waals surface area contributed by atoms with E-state index in [4.69, 9.17) is 9.47 Å². The minimum absolute atomic E-state index is 0.0821. The van der Waals surface area contributed by atoms with Gasteiger partial charge in [0.1, 0.15) is 11.5 Å². The predicted molar refractivity (Wildman–Crippen MR) is 66.9 cm³/mol. The fourth-order valence-corrected chi connectivity index (χ4v) is 4.05. The van der Waals surface area contributed by atoms with E-state index in [-0.39, 0.29) is 12.0 Å². The largest absolute Gasteiger partial charge is 0.481 e. The Kier molecular flexibility index (Phi) is 2.50. The summed E-state index contributed by atoms with van der Waals surface area (Å²) in [7, 11) is 0. The number of nitrogens with zero attached hydrogens (tertiary/aromatic N) is 1. The molecular formula is C14H17NO5. The van der Waals surface area contributed by atoms with Crippen molar-refractivity contribution < 1.29 is 24.2 Å². The van der Waals surface area contributed by atoms with Gasteiger partial charge in [-0.2, -0.15) is 0 Å². The molecule has 0 radical (unpaired) electrons. The smallest absolute Gasteiger partial charge is 0.310 e. The molecule has 6 heteroatoms. The van der Waals surface area contributed by atoms with Gasteiger partial charge in [-0.15, -0.1) is 0 Å². The Morgan fingerprint density at radius 1 is 1.55 bits per heavy atom. The molecule has 4 heterocycles. The van der Waals surface area contributed by atoms with E-state index in [1.54, 1.807) is 11.0 Å². The van der Waals surface area contributed by atoms with Gasteiger partial charge >= 0.3 is 5.97 Å². The molecule has 4 rings (SSSR count). The number of amides is 1. The first-order valence-electron chi connectivity index (χ1n) is 7.11. The van der Waals surface area contributed by atoms with Crippen LogP contribution < -0.4 is 0 Å². The molecule has 4 aliphatic heterocycles. The zero-order valence-electron chi connectivity index (χ0n) is 11.0. The van der Waals surface area contributed by atoms with E-state index in [1.807, 2.05) is 6.08 Å². The van der Waals surface area contributed by atoms with Crippen LogP contribution in [-0.4, -0.2) is 59.4 Å². The molecule has 1 unspecified atom stereocenters. The molecule has 108 valence electrons. The third-order valence-electron chi connectivity index (χ3n) is 4.91. The Bertz CT molecular complexity index is 498. The molecule has 1 N–H and O–H groups in total. The van der Waals surface area contributed by atoms with Gasteiger partial charge in [0.25, 0.3) is 0 Å². The number of carboxylic acid groups (broad SMARTS) is 1. The minimum atomic E-state index is -0.946. The lowest BCUT2D eigenvalue weighted by Gasteiger charge is -2.23. The molecule has 3 saturated heterocycles. The number of carbonyl (C=O) groups is 2. The third kappa shape index (κ3) is 1.52. The number of rotatable bonds is 3. The summed E-state index contributed by atoms with van der Waals surface area (Å²) in [5.41, 5.74) is -0.719. The van der Waals surface area contributed by atoms with Crippen LogP contribution >= 0.6 is 0 Å². The quantitative estimate of drug-likeness (QED) is 0.738. The van der Waals surface area contributed by atoms with Gasteiger partial charge in [0.15, 0.2) is 0 Å². The molecule has 3 fully saturated rings. The lowest BCUT2D eigenvalue weighted by Crippen LogP contribution is -2.39. The molecule has 0 aromatic heterocycles. The van der Waals surface area contributed by atoms with E-state index in [1.165, 1.54) is 0 Å². The van der Waals surface area contributed by atoms with Crippen molar-refractivity contribution in [2.75, 3.05) is 19.7 Å². The Labute approximate surface area is 116 Å². The normalized spacial score (nSPS) is 45.4. The Morgan fingerprint density at radius 3 is 3.10 bits per heavy atom. The van der Waals surface area contributed by atoms with Crippen LogP contribution in [-0.2, 0) is 19.1 Å². The summed E-state index contributed by atoms with van der Waals surface area (Å²) in [5, 5.41) is 9.36. The van der Waals surface area contributed by atoms with Crippen molar-refractivity contribution in [3.8, 4) is 0 Å². The first kappa shape index (κ1) is 12.3. The molecule has 0 aromatic rings. The van der Waals surface area contributed by atoms with E-state index in [0.717, 1.165) is 19.4 Å². The predicted octanol–water partition coefficient (Wildman–Crippen LogP) is 0.0320. The zero-order chi connectivity index (χ0) is 13.9. The maximum Gasteiger partial charge on any atom is 0.310 e. The summed E-state index contributed by atoms with van der Waals surface area (Å²) >= 11 is 0. The van der Waals surface area contributed by atoms with E-state index >= 15 is 0 Å². The molecule has 0 saturated carbocycles. The molecule has 1 amide bonds. The highest BCUT2D eigenvalue weighted by molar-refractivity contribution is 5.90. The lowest BCUT2D eigenvalue weighted by atomic mass is 9.77. The van der Waals surface area contributed by atoms with Crippen LogP contribution in [0.2, 0.25) is 0 Å². The molecule has 0 aliphatic carbocycles. The van der Waals surface area contributed by atoms with Gasteiger partial charge in [-0.25, -0.2) is 0 Å². The minimum Gasteiger partial charge on any atom is -0.481 e. The first-order chi connectivity index (χ1) is 9.61. The highest BCUT2D eigenvalue weighted by Gasteiger charge is 2.67. The van der Waals surface area contributed by atoms with Crippen molar-refractivity contribution in [1.82, 2.24) is 4.90 Å². The van der Waals surface area contributed by atoms with E-state index < -0.39 is 29.5 Å². The average Bonchev–Trinajstić information content (AvgIpc) is 3.12. The monoisotopic (exact) mass is 279 g/mol. The van der Waals surface area contributed by atoms with Gasteiger partial charge in [-0.05, 0) is 12.8 Å². The zero-order valence-corrected chi connectivity index (χ0v) is 11.0. The molecule has 0 aromatic carbocycles. The Morgan fingerprint density at radius 2 is 2.40 bits per heavy atom. The molecular weight excluding hydrogens is 262 g/mol. The number of aliphatic carboxylic acids is 1. The van der Waals surface area contributed by atoms with Gasteiger partial charge in [0.2, 0.25) is 5.91 Å². The summed E-state index contributed by atoms with van der Waals surface area (Å²) in [4.78, 5) is 25.7. The van der Waals surface area contributed by atoms with Crippen LogP contribution in [0.3, 0.4) is 0 Å². The third-order valence-corrected chi connectivity index (χ3v) is 4.91. The van der Waals surface area contributed by atoms with Gasteiger partial charge in [0.05, 0.1) is 24.7 Å². The Hall–Kier alpha value is -1.40. The number of hydrogen-bond acceptors (Lipinski definition) is 4. The van der Waals surface area contributed by atoms with E-state index in [0.29, 0.717) is 13.1 Å². The number of likely N-dealkylation sites (tertiary alicyclic amines) is 1. The van der Waals surface area contributed by atoms with Gasteiger partial charge in [-0.3, -0.25) is 9.59 Å². The second-order valence-corrected chi connectivity index (χ2v) is 6.09. The summed E-state index contributed by atoms with van der Waals surface area (Å²) in [6, 6.07) is 0. The van der Waals surface area contributed by atoms with Gasteiger partial charge < -0.3 is 19.5 Å². The maximum atomic E-state index is 12.6. The number of fused-ring (bicyclic) bond motifs is 1. The topological polar surface area (TPSA) is 76.1 Å². The lowest BCUT2D eigenvalue weighted by molar-refractivity contribution is -0.148.